The minimum atomic E-state index is -1.39. The van der Waals surface area contributed by atoms with E-state index in [1.807, 2.05) is 34.7 Å². The number of aromatic nitrogens is 1. The summed E-state index contributed by atoms with van der Waals surface area (Å²) >= 11 is 1.60. The molecule has 0 aliphatic rings. The first-order valence-electron chi connectivity index (χ1n) is 5.84. The van der Waals surface area contributed by atoms with Gasteiger partial charge in [0.25, 0.3) is 0 Å². The lowest BCUT2D eigenvalue weighted by atomic mass is 10.3. The lowest BCUT2D eigenvalue weighted by Gasteiger charge is -2.15. The van der Waals surface area contributed by atoms with Crippen LogP contribution in [0.2, 0.25) is 19.6 Å². The quantitative estimate of drug-likeness (QED) is 0.464. The summed E-state index contributed by atoms with van der Waals surface area (Å²) in [5, 5.41) is 2.90. The van der Waals surface area contributed by atoms with Crippen molar-refractivity contribution in [1.82, 2.24) is 4.98 Å². The average molecular weight is 272 g/mol. The van der Waals surface area contributed by atoms with Crippen LogP contribution in [-0.2, 0) is 0 Å². The molecule has 2 aromatic rings. The standard InChI is InChI=1S/C14H16N2SSi/c1-18(2,3)12-10-16(14-15-9-11-17-14)13-7-5-4-6-8-13/h4-9,11H,1-3H3. The molecule has 0 spiro atoms. The fourth-order valence-corrected chi connectivity index (χ4v) is 2.42. The highest BCUT2D eigenvalue weighted by Crippen LogP contribution is 2.25. The Labute approximate surface area is 113 Å². The van der Waals surface area contributed by atoms with Gasteiger partial charge in [-0.3, -0.25) is 0 Å². The van der Waals surface area contributed by atoms with Gasteiger partial charge in [0.2, 0.25) is 5.13 Å². The number of hydrogen-bond donors (Lipinski definition) is 0. The number of anilines is 2. The zero-order chi connectivity index (χ0) is 13.0. The van der Waals surface area contributed by atoms with Gasteiger partial charge in [-0.1, -0.05) is 37.8 Å². The normalized spacial score (nSPS) is 10.6. The van der Waals surface area contributed by atoms with Gasteiger partial charge in [-0.2, -0.15) is 0 Å². The van der Waals surface area contributed by atoms with Crippen molar-refractivity contribution in [1.29, 1.82) is 0 Å². The molecule has 0 saturated heterocycles. The maximum absolute atomic E-state index is 4.35. The molecule has 1 aromatic heterocycles. The molecule has 0 fully saturated rings. The first-order valence-corrected chi connectivity index (χ1v) is 10.2. The van der Waals surface area contributed by atoms with Crippen molar-refractivity contribution in [2.24, 2.45) is 0 Å². The first-order chi connectivity index (χ1) is 8.56. The highest BCUT2D eigenvalue weighted by atomic mass is 32.1. The van der Waals surface area contributed by atoms with Gasteiger partial charge in [0.15, 0.2) is 0 Å². The highest BCUT2D eigenvalue weighted by molar-refractivity contribution is 7.13. The van der Waals surface area contributed by atoms with E-state index in [-0.39, 0.29) is 0 Å². The fraction of sp³-hybridized carbons (Fsp3) is 0.214. The predicted molar refractivity (Wildman–Crippen MR) is 81.8 cm³/mol. The van der Waals surface area contributed by atoms with Crippen LogP contribution in [0.5, 0.6) is 0 Å². The van der Waals surface area contributed by atoms with Gasteiger partial charge in [-0.15, -0.1) is 16.9 Å². The van der Waals surface area contributed by atoms with E-state index >= 15 is 0 Å². The smallest absolute Gasteiger partial charge is 0.201 e. The number of para-hydroxylation sites is 1. The fourth-order valence-electron chi connectivity index (χ4n) is 1.35. The van der Waals surface area contributed by atoms with Gasteiger partial charge < -0.3 is 0 Å². The first kappa shape index (κ1) is 12.9. The van der Waals surface area contributed by atoms with Gasteiger partial charge in [-0.05, 0) is 12.1 Å². The molecule has 0 bridgehead atoms. The molecule has 0 saturated carbocycles. The number of rotatable bonds is 2. The third-order valence-corrected chi connectivity index (χ3v) is 3.79. The third kappa shape index (κ3) is 3.46. The molecule has 92 valence electrons. The van der Waals surface area contributed by atoms with E-state index in [4.69, 9.17) is 0 Å². The highest BCUT2D eigenvalue weighted by Gasteiger charge is 2.12. The van der Waals surface area contributed by atoms with E-state index in [0.29, 0.717) is 0 Å². The summed E-state index contributed by atoms with van der Waals surface area (Å²) in [6, 6.07) is 13.4. The molecule has 18 heavy (non-hydrogen) atoms. The van der Waals surface area contributed by atoms with Gasteiger partial charge in [0, 0.05) is 17.6 Å². The second kappa shape index (κ2) is 5.38. The Kier molecular flexibility index (Phi) is 3.85. The van der Waals surface area contributed by atoms with E-state index in [0.717, 1.165) is 10.8 Å². The minimum absolute atomic E-state index is 0.923. The summed E-state index contributed by atoms with van der Waals surface area (Å²) in [5.74, 6) is 0. The minimum Gasteiger partial charge on any atom is -0.245 e. The monoisotopic (exact) mass is 272 g/mol. The Balaban J connectivity index is 2.39. The topological polar surface area (TPSA) is 16.1 Å². The van der Waals surface area contributed by atoms with Crippen LogP contribution in [0.25, 0.3) is 0 Å². The van der Waals surface area contributed by atoms with Crippen molar-refractivity contribution in [3.63, 3.8) is 0 Å². The Morgan fingerprint density at radius 2 is 1.89 bits per heavy atom. The van der Waals surface area contributed by atoms with Gasteiger partial charge in [0.1, 0.15) is 8.07 Å². The molecule has 0 radical (unpaired) electrons. The van der Waals surface area contributed by atoms with Crippen LogP contribution < -0.4 is 4.90 Å². The average Bonchev–Trinajstić information content (AvgIpc) is 2.83. The number of thiazole rings is 1. The molecule has 0 atom stereocenters. The van der Waals surface area contributed by atoms with Crippen LogP contribution in [0.15, 0.2) is 41.9 Å². The SMILES string of the molecule is C[Si](C)(C)C#CN(c1ccccc1)c1nccs1. The number of hydrogen-bond acceptors (Lipinski definition) is 3. The van der Waals surface area contributed by atoms with Crippen molar-refractivity contribution in [3.8, 4) is 11.6 Å². The van der Waals surface area contributed by atoms with Crippen molar-refractivity contribution in [2.45, 2.75) is 19.6 Å². The largest absolute Gasteiger partial charge is 0.245 e. The summed E-state index contributed by atoms with van der Waals surface area (Å²) in [7, 11) is -1.39. The maximum Gasteiger partial charge on any atom is 0.201 e. The molecule has 2 rings (SSSR count). The van der Waals surface area contributed by atoms with Gasteiger partial charge in [0.05, 0.1) is 5.69 Å². The van der Waals surface area contributed by atoms with Crippen LogP contribution in [0, 0.1) is 11.6 Å². The molecule has 1 heterocycles. The predicted octanol–water partition coefficient (Wildman–Crippen LogP) is 4.12. The van der Waals surface area contributed by atoms with Crippen LogP contribution >= 0.6 is 11.3 Å². The van der Waals surface area contributed by atoms with E-state index < -0.39 is 8.07 Å². The van der Waals surface area contributed by atoms with Crippen molar-refractivity contribution < 1.29 is 0 Å². The van der Waals surface area contributed by atoms with Crippen LogP contribution in [0.4, 0.5) is 10.8 Å². The molecule has 0 amide bonds. The van der Waals surface area contributed by atoms with Gasteiger partial charge in [-0.25, -0.2) is 9.88 Å². The molecule has 0 N–H and O–H groups in total. The summed E-state index contributed by atoms with van der Waals surface area (Å²) in [6.07, 6.45) is 1.81. The van der Waals surface area contributed by atoms with Crippen LogP contribution in [-0.4, -0.2) is 13.1 Å². The van der Waals surface area contributed by atoms with Crippen molar-refractivity contribution >= 4 is 30.2 Å². The van der Waals surface area contributed by atoms with E-state index in [1.54, 1.807) is 11.3 Å². The van der Waals surface area contributed by atoms with E-state index in [9.17, 15) is 0 Å². The summed E-state index contributed by atoms with van der Waals surface area (Å²) in [4.78, 5) is 6.33. The molecule has 0 aliphatic carbocycles. The molecular weight excluding hydrogens is 256 g/mol. The molecule has 4 heteroatoms. The summed E-state index contributed by atoms with van der Waals surface area (Å²) < 4.78 is 0. The second-order valence-corrected chi connectivity index (χ2v) is 10.6. The Morgan fingerprint density at radius 1 is 1.17 bits per heavy atom. The molecular formula is C14H16N2SSi. The van der Waals surface area contributed by atoms with Crippen LogP contribution in [0.1, 0.15) is 0 Å². The van der Waals surface area contributed by atoms with E-state index in [2.05, 4.69) is 48.3 Å². The number of nitrogens with zero attached hydrogens (tertiary/aromatic N) is 2. The molecule has 0 unspecified atom stereocenters. The lowest BCUT2D eigenvalue weighted by molar-refractivity contribution is 1.26. The molecule has 0 aliphatic heterocycles. The zero-order valence-electron chi connectivity index (χ0n) is 10.8. The zero-order valence-corrected chi connectivity index (χ0v) is 12.7. The van der Waals surface area contributed by atoms with Crippen molar-refractivity contribution in [2.75, 3.05) is 4.90 Å². The van der Waals surface area contributed by atoms with E-state index in [1.165, 1.54) is 0 Å². The Bertz CT molecular complexity index is 547. The maximum atomic E-state index is 4.35. The Morgan fingerprint density at radius 3 is 2.44 bits per heavy atom. The van der Waals surface area contributed by atoms with Gasteiger partial charge >= 0.3 is 0 Å². The summed E-state index contributed by atoms with van der Waals surface area (Å²) in [6.45, 7) is 6.72. The second-order valence-electron chi connectivity index (χ2n) is 4.97. The Hall–Kier alpha value is -1.57. The van der Waals surface area contributed by atoms with Crippen LogP contribution in [0.3, 0.4) is 0 Å². The molecule has 1 aromatic carbocycles. The van der Waals surface area contributed by atoms with Crippen molar-refractivity contribution in [3.05, 3.63) is 41.9 Å². The molecule has 2 nitrogen and oxygen atoms in total. The summed E-state index contributed by atoms with van der Waals surface area (Å²) in [5.41, 5.74) is 4.46. The number of benzene rings is 1. The lowest BCUT2D eigenvalue weighted by Crippen LogP contribution is -2.19. The third-order valence-electron chi connectivity index (χ3n) is 2.17.